The molecule has 3 N–H and O–H groups in total. The van der Waals surface area contributed by atoms with Crippen LogP contribution in [0.3, 0.4) is 0 Å². The molecule has 0 saturated carbocycles. The molecule has 0 aliphatic carbocycles. The van der Waals surface area contributed by atoms with Crippen molar-refractivity contribution in [1.29, 1.82) is 0 Å². The number of hydrogen-bond donors (Lipinski definition) is 2. The fourth-order valence-corrected chi connectivity index (χ4v) is 0.924. The molecule has 0 aliphatic heterocycles. The summed E-state index contributed by atoms with van der Waals surface area (Å²) in [5.41, 5.74) is 5.49. The first-order chi connectivity index (χ1) is 4.72. The van der Waals surface area contributed by atoms with Gasteiger partial charge in [0.05, 0.1) is 0 Å². The Bertz CT molecular complexity index is 222. The Morgan fingerprint density at radius 3 is 3.00 bits per heavy atom. The first kappa shape index (κ1) is 7.10. The van der Waals surface area contributed by atoms with E-state index >= 15 is 0 Å². The number of nitrogens with zero attached hydrogens (tertiary/aromatic N) is 2. The zero-order valence-corrected chi connectivity index (χ0v) is 5.71. The van der Waals surface area contributed by atoms with Crippen molar-refractivity contribution in [2.75, 3.05) is 0 Å². The molecule has 5 nitrogen and oxygen atoms in total. The monoisotopic (exact) mass is 159 g/mol. The molecule has 1 heterocycles. The van der Waals surface area contributed by atoms with Gasteiger partial charge in [-0.25, -0.2) is 0 Å². The predicted molar refractivity (Wildman–Crippen MR) is 34.5 cm³/mol. The number of aromatic nitrogens is 2. The average molecular weight is 159 g/mol. The summed E-state index contributed by atoms with van der Waals surface area (Å²) in [6, 6.07) is -1.04. The summed E-state index contributed by atoms with van der Waals surface area (Å²) in [4.78, 5) is 10.2. The van der Waals surface area contributed by atoms with Gasteiger partial charge < -0.3 is 10.8 Å². The summed E-state index contributed by atoms with van der Waals surface area (Å²) in [6.07, 6.45) is 0. The second kappa shape index (κ2) is 2.72. The molecule has 0 aromatic carbocycles. The van der Waals surface area contributed by atoms with Crippen LogP contribution < -0.4 is 5.73 Å². The molecule has 0 radical (unpaired) electrons. The van der Waals surface area contributed by atoms with E-state index < -0.39 is 12.0 Å². The van der Waals surface area contributed by atoms with Crippen LogP contribution in [0.4, 0.5) is 0 Å². The van der Waals surface area contributed by atoms with Crippen LogP contribution in [-0.4, -0.2) is 20.7 Å². The van der Waals surface area contributed by atoms with E-state index in [1.54, 1.807) is 0 Å². The molecule has 0 spiro atoms. The van der Waals surface area contributed by atoms with E-state index in [2.05, 4.69) is 9.59 Å². The number of carboxylic acid groups (broad SMARTS) is 1. The van der Waals surface area contributed by atoms with Crippen molar-refractivity contribution in [3.05, 3.63) is 11.1 Å². The molecule has 1 aromatic rings. The lowest BCUT2D eigenvalue weighted by atomic mass is 10.2. The van der Waals surface area contributed by atoms with Gasteiger partial charge in [-0.05, 0) is 11.5 Å². The molecule has 6 heteroatoms. The summed E-state index contributed by atoms with van der Waals surface area (Å²) in [5, 5.41) is 13.4. The lowest BCUT2D eigenvalue weighted by Gasteiger charge is -1.97. The van der Waals surface area contributed by atoms with Crippen LogP contribution in [0.5, 0.6) is 0 Å². The largest absolute Gasteiger partial charge is 0.480 e. The lowest BCUT2D eigenvalue weighted by molar-refractivity contribution is -0.138. The molecule has 10 heavy (non-hydrogen) atoms. The summed E-state index contributed by atoms with van der Waals surface area (Å²) in [7, 11) is 0. The number of nitrogens with two attached hydrogens (primary N) is 1. The van der Waals surface area contributed by atoms with E-state index in [1.165, 1.54) is 5.38 Å². The van der Waals surface area contributed by atoms with E-state index in [1.807, 2.05) is 0 Å². The van der Waals surface area contributed by atoms with Crippen LogP contribution in [0.25, 0.3) is 0 Å². The summed E-state index contributed by atoms with van der Waals surface area (Å²) in [6.45, 7) is 0. The molecule has 0 saturated heterocycles. The van der Waals surface area contributed by atoms with Crippen molar-refractivity contribution in [1.82, 2.24) is 9.59 Å². The van der Waals surface area contributed by atoms with E-state index in [9.17, 15) is 4.79 Å². The minimum Gasteiger partial charge on any atom is -0.480 e. The smallest absolute Gasteiger partial charge is 0.326 e. The fourth-order valence-electron chi connectivity index (χ4n) is 0.434. The summed E-state index contributed by atoms with van der Waals surface area (Å²) < 4.78 is 3.47. The topological polar surface area (TPSA) is 89.1 Å². The van der Waals surface area contributed by atoms with Gasteiger partial charge in [-0.1, -0.05) is 4.49 Å². The third kappa shape index (κ3) is 1.28. The molecular formula is C4H5N3O2S. The quantitative estimate of drug-likeness (QED) is 0.614. The van der Waals surface area contributed by atoms with Crippen LogP contribution in [0.1, 0.15) is 11.7 Å². The van der Waals surface area contributed by atoms with E-state index in [-0.39, 0.29) is 0 Å². The fraction of sp³-hybridized carbons (Fsp3) is 0.250. The molecule has 1 rings (SSSR count). The van der Waals surface area contributed by atoms with Crippen molar-refractivity contribution < 1.29 is 9.90 Å². The van der Waals surface area contributed by atoms with Gasteiger partial charge in [-0.3, -0.25) is 4.79 Å². The average Bonchev–Trinajstić information content (AvgIpc) is 2.36. The first-order valence-corrected chi connectivity index (χ1v) is 3.31. The Morgan fingerprint density at radius 1 is 1.90 bits per heavy atom. The van der Waals surface area contributed by atoms with Crippen LogP contribution in [0.15, 0.2) is 5.38 Å². The van der Waals surface area contributed by atoms with E-state index in [0.717, 1.165) is 11.5 Å². The van der Waals surface area contributed by atoms with Gasteiger partial charge in [0.1, 0.15) is 11.7 Å². The van der Waals surface area contributed by atoms with Crippen molar-refractivity contribution in [2.24, 2.45) is 5.73 Å². The molecule has 0 unspecified atom stereocenters. The van der Waals surface area contributed by atoms with Crippen molar-refractivity contribution in [3.63, 3.8) is 0 Å². The molecule has 0 amide bonds. The standard InChI is InChI=1S/C4H5N3O2S/c5-3(4(8)9)2-1-10-7-6-2/h1,3H,5H2,(H,8,9)/t3-/m1/s1. The van der Waals surface area contributed by atoms with Gasteiger partial charge in [0, 0.05) is 5.38 Å². The van der Waals surface area contributed by atoms with E-state index in [4.69, 9.17) is 10.8 Å². The maximum Gasteiger partial charge on any atom is 0.326 e. The highest BCUT2D eigenvalue weighted by molar-refractivity contribution is 7.03. The lowest BCUT2D eigenvalue weighted by Crippen LogP contribution is -2.20. The summed E-state index contributed by atoms with van der Waals surface area (Å²) in [5.74, 6) is -1.09. The number of aliphatic carboxylic acids is 1. The van der Waals surface area contributed by atoms with Gasteiger partial charge in [-0.2, -0.15) is 0 Å². The molecule has 0 bridgehead atoms. The Balaban J connectivity index is 2.77. The van der Waals surface area contributed by atoms with Crippen molar-refractivity contribution in [2.45, 2.75) is 6.04 Å². The first-order valence-electron chi connectivity index (χ1n) is 2.47. The maximum absolute atomic E-state index is 10.2. The van der Waals surface area contributed by atoms with Gasteiger partial charge in [0.25, 0.3) is 0 Å². The number of carbonyl (C=O) groups is 1. The molecule has 0 aliphatic rings. The van der Waals surface area contributed by atoms with Gasteiger partial charge >= 0.3 is 5.97 Å². The SMILES string of the molecule is N[C@@H](C(=O)O)c1csnn1. The van der Waals surface area contributed by atoms with Gasteiger partial charge in [-0.15, -0.1) is 5.10 Å². The highest BCUT2D eigenvalue weighted by atomic mass is 32.1. The molecule has 1 aromatic heterocycles. The van der Waals surface area contributed by atoms with Crippen LogP contribution in [0.2, 0.25) is 0 Å². The van der Waals surface area contributed by atoms with Crippen LogP contribution in [-0.2, 0) is 4.79 Å². The molecular weight excluding hydrogens is 154 g/mol. The Labute approximate surface area is 60.6 Å². The van der Waals surface area contributed by atoms with E-state index in [0.29, 0.717) is 5.69 Å². The van der Waals surface area contributed by atoms with Crippen LogP contribution >= 0.6 is 11.5 Å². The minimum atomic E-state index is -1.09. The highest BCUT2D eigenvalue weighted by Crippen LogP contribution is 2.06. The zero-order valence-electron chi connectivity index (χ0n) is 4.89. The van der Waals surface area contributed by atoms with Crippen molar-refractivity contribution >= 4 is 17.5 Å². The molecule has 54 valence electrons. The van der Waals surface area contributed by atoms with Gasteiger partial charge in [0.15, 0.2) is 0 Å². The Morgan fingerprint density at radius 2 is 2.60 bits per heavy atom. The third-order valence-corrected chi connectivity index (χ3v) is 1.48. The second-order valence-corrected chi connectivity index (χ2v) is 2.26. The van der Waals surface area contributed by atoms with Crippen molar-refractivity contribution in [3.8, 4) is 0 Å². The van der Waals surface area contributed by atoms with Crippen LogP contribution in [0, 0.1) is 0 Å². The third-order valence-electron chi connectivity index (χ3n) is 0.962. The summed E-state index contributed by atoms with van der Waals surface area (Å²) >= 11 is 1.08. The number of rotatable bonds is 2. The molecule has 1 atom stereocenters. The maximum atomic E-state index is 10.2. The Hall–Kier alpha value is -1.01. The number of hydrogen-bond acceptors (Lipinski definition) is 5. The molecule has 0 fully saturated rings. The minimum absolute atomic E-state index is 0.303. The normalized spacial score (nSPS) is 12.9. The highest BCUT2D eigenvalue weighted by Gasteiger charge is 2.15. The number of carboxylic acids is 1. The van der Waals surface area contributed by atoms with Gasteiger partial charge in [0.2, 0.25) is 0 Å². The zero-order chi connectivity index (χ0) is 7.56. The Kier molecular flexibility index (Phi) is 1.93. The second-order valence-electron chi connectivity index (χ2n) is 1.65. The predicted octanol–water partition coefficient (Wildman–Crippen LogP) is -0.377.